The van der Waals surface area contributed by atoms with Crippen molar-refractivity contribution in [2.24, 2.45) is 0 Å². The Morgan fingerprint density at radius 1 is 0.889 bits per heavy atom. The smallest absolute Gasteiger partial charge is 0.218 e. The average molecular weight is 465 g/mol. The molecule has 2 rings (SSSR count). The largest absolute Gasteiger partial charge is 0.435 e. The normalized spacial score (nSPS) is 13.1. The van der Waals surface area contributed by atoms with Crippen LogP contribution in [-0.4, -0.2) is 12.4 Å². The summed E-state index contributed by atoms with van der Waals surface area (Å²) < 4.78 is 121. The molecule has 0 atom stereocenters. The summed E-state index contributed by atoms with van der Waals surface area (Å²) in [6.45, 7) is 1.43. The van der Waals surface area contributed by atoms with E-state index >= 15 is 0 Å². The highest BCUT2D eigenvalue weighted by atomic mass is 79.9. The highest BCUT2D eigenvalue weighted by molar-refractivity contribution is 9.10. The minimum Gasteiger partial charge on any atom is -0.218 e. The monoisotopic (exact) mass is 464 g/mol. The van der Waals surface area contributed by atoms with Crippen LogP contribution in [0.15, 0.2) is 34.8 Å². The van der Waals surface area contributed by atoms with Gasteiger partial charge in [-0.05, 0) is 24.1 Å². The van der Waals surface area contributed by atoms with E-state index in [2.05, 4.69) is 15.9 Å². The van der Waals surface area contributed by atoms with Gasteiger partial charge in [0.1, 0.15) is 0 Å². The van der Waals surface area contributed by atoms with Gasteiger partial charge in [0.05, 0.1) is 0 Å². The third-order valence-electron chi connectivity index (χ3n) is 3.93. The zero-order valence-electron chi connectivity index (χ0n) is 13.4. The molecule has 0 aromatic heterocycles. The van der Waals surface area contributed by atoms with E-state index in [0.29, 0.717) is 12.1 Å². The van der Waals surface area contributed by atoms with Gasteiger partial charge < -0.3 is 0 Å². The minimum atomic E-state index is -6.39. The first-order valence-electron chi connectivity index (χ1n) is 7.35. The summed E-state index contributed by atoms with van der Waals surface area (Å²) in [5.74, 6) is -3.20. The van der Waals surface area contributed by atoms with Crippen LogP contribution in [0.4, 0.5) is 39.5 Å². The van der Waals surface area contributed by atoms with Crippen molar-refractivity contribution in [2.45, 2.75) is 31.4 Å². The van der Waals surface area contributed by atoms with Crippen molar-refractivity contribution in [1.82, 2.24) is 0 Å². The molecular weight excluding hydrogens is 455 g/mol. The average Bonchev–Trinajstić information content (AvgIpc) is 2.54. The molecule has 0 unspecified atom stereocenters. The van der Waals surface area contributed by atoms with E-state index < -0.39 is 50.8 Å². The van der Waals surface area contributed by atoms with E-state index in [9.17, 15) is 39.5 Å². The summed E-state index contributed by atoms with van der Waals surface area (Å²) in [5.41, 5.74) is -9.72. The highest BCUT2D eigenvalue weighted by Crippen LogP contribution is 2.56. The molecule has 0 bridgehead atoms. The number of halogens is 10. The van der Waals surface area contributed by atoms with Gasteiger partial charge in [-0.2, -0.15) is 26.3 Å². The number of rotatable bonds is 3. The van der Waals surface area contributed by atoms with Gasteiger partial charge in [0, 0.05) is 21.2 Å². The quantitative estimate of drug-likeness (QED) is 0.419. The maximum Gasteiger partial charge on any atom is 0.435 e. The van der Waals surface area contributed by atoms with Gasteiger partial charge in [0.2, 0.25) is 0 Å². The molecule has 0 saturated carbocycles. The van der Waals surface area contributed by atoms with Gasteiger partial charge in [-0.1, -0.05) is 41.1 Å². The van der Waals surface area contributed by atoms with E-state index in [1.165, 1.54) is 6.92 Å². The third kappa shape index (κ3) is 3.55. The van der Waals surface area contributed by atoms with Gasteiger partial charge in [0.15, 0.2) is 11.6 Å². The fourth-order valence-corrected chi connectivity index (χ4v) is 3.30. The minimum absolute atomic E-state index is 0.0245. The SMILES string of the molecule is CCc1cc(Br)c(-c2cccc(F)c2F)c(C(F)(C(F)(F)F)C(F)(F)F)c1. The Balaban J connectivity index is 3.02. The lowest BCUT2D eigenvalue weighted by Gasteiger charge is -2.32. The molecule has 0 spiro atoms. The molecular formula is C17H10BrF9. The lowest BCUT2D eigenvalue weighted by molar-refractivity contribution is -0.348. The summed E-state index contributed by atoms with van der Waals surface area (Å²) in [7, 11) is 0. The summed E-state index contributed by atoms with van der Waals surface area (Å²) in [6, 6.07) is 3.77. The van der Waals surface area contributed by atoms with Crippen LogP contribution in [0.25, 0.3) is 11.1 Å². The zero-order chi connectivity index (χ0) is 20.8. The zero-order valence-corrected chi connectivity index (χ0v) is 15.0. The first kappa shape index (κ1) is 21.6. The van der Waals surface area contributed by atoms with Crippen LogP contribution in [0.5, 0.6) is 0 Å². The fourth-order valence-electron chi connectivity index (χ4n) is 2.58. The highest BCUT2D eigenvalue weighted by Gasteiger charge is 2.74. The molecule has 0 nitrogen and oxygen atoms in total. The molecule has 0 aliphatic heterocycles. The lowest BCUT2D eigenvalue weighted by atomic mass is 9.85. The predicted octanol–water partition coefficient (Wildman–Crippen LogP) is 7.25. The number of alkyl halides is 7. The van der Waals surface area contributed by atoms with Crippen LogP contribution in [0, 0.1) is 11.6 Å². The number of hydrogen-bond acceptors (Lipinski definition) is 0. The Morgan fingerprint density at radius 3 is 1.93 bits per heavy atom. The van der Waals surface area contributed by atoms with Crippen LogP contribution in [0.3, 0.4) is 0 Å². The lowest BCUT2D eigenvalue weighted by Crippen LogP contribution is -2.50. The molecule has 0 radical (unpaired) electrons. The molecule has 0 N–H and O–H groups in total. The third-order valence-corrected chi connectivity index (χ3v) is 4.56. The maximum absolute atomic E-state index is 14.7. The number of aryl methyl sites for hydroxylation is 1. The van der Waals surface area contributed by atoms with Gasteiger partial charge >= 0.3 is 18.0 Å². The van der Waals surface area contributed by atoms with E-state index in [-0.39, 0.29) is 12.0 Å². The molecule has 2 aromatic rings. The molecule has 2 aromatic carbocycles. The first-order chi connectivity index (χ1) is 12.3. The van der Waals surface area contributed by atoms with E-state index in [4.69, 9.17) is 0 Å². The molecule has 0 aliphatic carbocycles. The Kier molecular flexibility index (Phi) is 5.62. The van der Waals surface area contributed by atoms with Crippen molar-refractivity contribution in [3.05, 3.63) is 57.6 Å². The second kappa shape index (κ2) is 7.03. The Hall–Kier alpha value is -1.71. The van der Waals surface area contributed by atoms with Gasteiger partial charge in [-0.3, -0.25) is 0 Å². The van der Waals surface area contributed by atoms with Gasteiger partial charge in [-0.25, -0.2) is 13.2 Å². The van der Waals surface area contributed by atoms with E-state index in [1.54, 1.807) is 0 Å². The topological polar surface area (TPSA) is 0 Å². The molecule has 0 heterocycles. The summed E-state index contributed by atoms with van der Waals surface area (Å²) in [6.07, 6.45) is -12.8. The molecule has 0 aliphatic rings. The van der Waals surface area contributed by atoms with Gasteiger partial charge in [-0.15, -0.1) is 0 Å². The fraction of sp³-hybridized carbons (Fsp3) is 0.294. The Labute approximate surface area is 156 Å². The molecule has 148 valence electrons. The maximum atomic E-state index is 14.7. The van der Waals surface area contributed by atoms with Crippen molar-refractivity contribution in [3.63, 3.8) is 0 Å². The molecule has 0 amide bonds. The molecule has 10 heteroatoms. The van der Waals surface area contributed by atoms with Crippen LogP contribution < -0.4 is 0 Å². The Morgan fingerprint density at radius 2 is 1.44 bits per heavy atom. The number of hydrogen-bond donors (Lipinski definition) is 0. The van der Waals surface area contributed by atoms with Crippen LogP contribution >= 0.6 is 15.9 Å². The first-order valence-corrected chi connectivity index (χ1v) is 8.14. The van der Waals surface area contributed by atoms with Crippen LogP contribution in [0.2, 0.25) is 0 Å². The van der Waals surface area contributed by atoms with Crippen molar-refractivity contribution >= 4 is 15.9 Å². The van der Waals surface area contributed by atoms with Crippen molar-refractivity contribution in [2.75, 3.05) is 0 Å². The summed E-state index contributed by atoms with van der Waals surface area (Å²) in [4.78, 5) is 0. The molecule has 0 saturated heterocycles. The number of benzene rings is 2. The summed E-state index contributed by atoms with van der Waals surface area (Å²) >= 11 is 2.77. The Bertz CT molecular complexity index is 839. The van der Waals surface area contributed by atoms with E-state index in [1.807, 2.05) is 0 Å². The predicted molar refractivity (Wildman–Crippen MR) is 83.8 cm³/mol. The van der Waals surface area contributed by atoms with Crippen molar-refractivity contribution in [3.8, 4) is 11.1 Å². The second-order valence-electron chi connectivity index (χ2n) is 5.61. The van der Waals surface area contributed by atoms with Crippen molar-refractivity contribution in [1.29, 1.82) is 0 Å². The molecule has 27 heavy (non-hydrogen) atoms. The molecule has 0 fully saturated rings. The van der Waals surface area contributed by atoms with Crippen LogP contribution in [0.1, 0.15) is 18.1 Å². The van der Waals surface area contributed by atoms with Gasteiger partial charge in [0.25, 0.3) is 0 Å². The summed E-state index contributed by atoms with van der Waals surface area (Å²) in [5, 5.41) is 0. The second-order valence-corrected chi connectivity index (χ2v) is 6.46. The van der Waals surface area contributed by atoms with Crippen molar-refractivity contribution < 1.29 is 39.5 Å². The van der Waals surface area contributed by atoms with E-state index in [0.717, 1.165) is 18.2 Å². The standard InChI is InChI=1S/C17H10BrF9/c1-2-8-6-10(15(21,16(22,23)24)17(25,26)27)13(11(18)7-8)9-4-3-5-12(19)14(9)20/h3-7H,2H2,1H3. The van der Waals surface area contributed by atoms with Crippen LogP contribution in [-0.2, 0) is 12.1 Å².